The lowest BCUT2D eigenvalue weighted by Crippen LogP contribution is -2.03. The summed E-state index contributed by atoms with van der Waals surface area (Å²) in [5.74, 6) is 1.68. The van der Waals surface area contributed by atoms with Gasteiger partial charge in [-0.1, -0.05) is 41.7 Å². The summed E-state index contributed by atoms with van der Waals surface area (Å²) >= 11 is 1.54. The lowest BCUT2D eigenvalue weighted by Gasteiger charge is -2.13. The fraction of sp³-hybridized carbons (Fsp3) is 0.211. The van der Waals surface area contributed by atoms with Gasteiger partial charge in [0, 0.05) is 23.4 Å². The Hall–Kier alpha value is -2.93. The number of para-hydroxylation sites is 1. The van der Waals surface area contributed by atoms with Crippen LogP contribution in [0.1, 0.15) is 17.0 Å². The zero-order valence-electron chi connectivity index (χ0n) is 14.9. The summed E-state index contributed by atoms with van der Waals surface area (Å²) in [6.45, 7) is 4.69. The van der Waals surface area contributed by atoms with E-state index in [1.54, 1.807) is 11.6 Å². The highest BCUT2D eigenvalue weighted by molar-refractivity contribution is 7.19. The highest BCUT2D eigenvalue weighted by Crippen LogP contribution is 2.29. The first-order valence-corrected chi connectivity index (χ1v) is 9.13. The van der Waals surface area contributed by atoms with Crippen molar-refractivity contribution >= 4 is 22.0 Å². The number of fused-ring (bicyclic) bond motifs is 1. The predicted molar refractivity (Wildman–Crippen MR) is 104 cm³/mol. The summed E-state index contributed by atoms with van der Waals surface area (Å²) in [5, 5.41) is 17.2. The molecule has 2 aromatic heterocycles. The number of nitrogens with zero attached hydrogens (tertiary/aromatic N) is 4. The van der Waals surface area contributed by atoms with Crippen LogP contribution in [0, 0.1) is 13.8 Å². The van der Waals surface area contributed by atoms with E-state index in [4.69, 9.17) is 4.74 Å². The summed E-state index contributed by atoms with van der Waals surface area (Å²) in [6.07, 6.45) is 0. The van der Waals surface area contributed by atoms with Gasteiger partial charge in [0.25, 0.3) is 0 Å². The van der Waals surface area contributed by atoms with Crippen LogP contribution in [-0.4, -0.2) is 26.9 Å². The fourth-order valence-electron chi connectivity index (χ4n) is 2.82. The first kappa shape index (κ1) is 16.5. The van der Waals surface area contributed by atoms with Crippen molar-refractivity contribution in [1.29, 1.82) is 0 Å². The molecule has 0 aliphatic heterocycles. The van der Waals surface area contributed by atoms with Crippen LogP contribution in [-0.2, 0) is 6.54 Å². The summed E-state index contributed by atoms with van der Waals surface area (Å²) < 4.78 is 7.21. The van der Waals surface area contributed by atoms with Crippen LogP contribution in [0.4, 0.5) is 5.69 Å². The van der Waals surface area contributed by atoms with E-state index in [0.717, 1.165) is 38.4 Å². The zero-order chi connectivity index (χ0) is 18.1. The minimum Gasteiger partial charge on any atom is -0.496 e. The third-order valence-electron chi connectivity index (χ3n) is 4.29. The van der Waals surface area contributed by atoms with Crippen molar-refractivity contribution in [1.82, 2.24) is 19.8 Å². The second-order valence-electron chi connectivity index (χ2n) is 6.04. The first-order chi connectivity index (χ1) is 12.7. The van der Waals surface area contributed by atoms with Crippen LogP contribution in [0.25, 0.3) is 15.5 Å². The molecule has 0 fully saturated rings. The van der Waals surface area contributed by atoms with Crippen LogP contribution in [0.15, 0.2) is 42.5 Å². The topological polar surface area (TPSA) is 64.3 Å². The molecule has 6 nitrogen and oxygen atoms in total. The van der Waals surface area contributed by atoms with Crippen molar-refractivity contribution in [2.75, 3.05) is 12.4 Å². The zero-order valence-corrected chi connectivity index (χ0v) is 15.7. The molecule has 132 valence electrons. The Morgan fingerprint density at radius 2 is 1.96 bits per heavy atom. The van der Waals surface area contributed by atoms with E-state index in [-0.39, 0.29) is 0 Å². The summed E-state index contributed by atoms with van der Waals surface area (Å²) in [6, 6.07) is 14.4. The van der Waals surface area contributed by atoms with Gasteiger partial charge >= 0.3 is 0 Å². The molecule has 1 N–H and O–H groups in total. The highest BCUT2D eigenvalue weighted by Gasteiger charge is 2.12. The first-order valence-electron chi connectivity index (χ1n) is 8.31. The number of hydrogen-bond acceptors (Lipinski definition) is 6. The molecule has 0 aliphatic carbocycles. The second-order valence-corrected chi connectivity index (χ2v) is 7.00. The molecule has 0 radical (unpaired) electrons. The number of benzene rings is 2. The molecule has 0 saturated heterocycles. The Kier molecular flexibility index (Phi) is 4.30. The van der Waals surface area contributed by atoms with Gasteiger partial charge in [-0.3, -0.25) is 0 Å². The summed E-state index contributed by atoms with van der Waals surface area (Å²) in [5.41, 5.74) is 4.45. The van der Waals surface area contributed by atoms with Crippen molar-refractivity contribution < 1.29 is 4.74 Å². The Bertz CT molecular complexity index is 1070. The van der Waals surface area contributed by atoms with Crippen molar-refractivity contribution in [2.45, 2.75) is 20.4 Å². The Balaban J connectivity index is 1.61. The van der Waals surface area contributed by atoms with Crippen molar-refractivity contribution in [3.05, 3.63) is 59.4 Å². The molecule has 0 unspecified atom stereocenters. The molecule has 2 aromatic carbocycles. The minimum atomic E-state index is 0.693. The van der Waals surface area contributed by atoms with E-state index < -0.39 is 0 Å². The number of nitrogens with one attached hydrogen (secondary N) is 1. The van der Waals surface area contributed by atoms with E-state index in [9.17, 15) is 0 Å². The van der Waals surface area contributed by atoms with Gasteiger partial charge in [-0.25, -0.2) is 0 Å². The van der Waals surface area contributed by atoms with E-state index in [2.05, 4.69) is 51.8 Å². The third-order valence-corrected chi connectivity index (χ3v) is 5.24. The summed E-state index contributed by atoms with van der Waals surface area (Å²) in [4.78, 5) is 0.807. The lowest BCUT2D eigenvalue weighted by atomic mass is 10.1. The lowest BCUT2D eigenvalue weighted by molar-refractivity contribution is 0.410. The van der Waals surface area contributed by atoms with Crippen LogP contribution < -0.4 is 10.1 Å². The van der Waals surface area contributed by atoms with Gasteiger partial charge in [-0.2, -0.15) is 9.61 Å². The number of aromatic nitrogens is 4. The van der Waals surface area contributed by atoms with Gasteiger partial charge in [0.05, 0.1) is 7.11 Å². The average molecular weight is 365 g/mol. The molecule has 7 heteroatoms. The number of ether oxygens (including phenoxy) is 1. The predicted octanol–water partition coefficient (Wildman–Crippen LogP) is 4.09. The molecule has 4 aromatic rings. The van der Waals surface area contributed by atoms with E-state index in [1.165, 1.54) is 16.9 Å². The third kappa shape index (κ3) is 3.01. The molecular formula is C19H19N5OS. The monoisotopic (exact) mass is 365 g/mol. The Morgan fingerprint density at radius 1 is 1.12 bits per heavy atom. The maximum atomic E-state index is 5.43. The van der Waals surface area contributed by atoms with Crippen LogP contribution in [0.2, 0.25) is 0 Å². The molecule has 0 aliphatic rings. The molecule has 0 saturated carbocycles. The quantitative estimate of drug-likeness (QED) is 0.577. The van der Waals surface area contributed by atoms with Gasteiger partial charge in [-0.15, -0.1) is 10.2 Å². The van der Waals surface area contributed by atoms with Crippen molar-refractivity contribution in [3.8, 4) is 16.3 Å². The number of anilines is 1. The molecular weight excluding hydrogens is 346 g/mol. The molecule has 4 rings (SSSR count). The van der Waals surface area contributed by atoms with Crippen LogP contribution in [0.3, 0.4) is 0 Å². The molecule has 0 atom stereocenters. The largest absolute Gasteiger partial charge is 0.496 e. The SMILES string of the molecule is COc1ccccc1CNc1cc(-c2nn3c(C)nnc3s2)ccc1C. The summed E-state index contributed by atoms with van der Waals surface area (Å²) in [7, 11) is 1.69. The smallest absolute Gasteiger partial charge is 0.234 e. The molecule has 26 heavy (non-hydrogen) atoms. The van der Waals surface area contributed by atoms with Gasteiger partial charge in [0.2, 0.25) is 4.96 Å². The van der Waals surface area contributed by atoms with Gasteiger partial charge in [0.1, 0.15) is 10.8 Å². The minimum absolute atomic E-state index is 0.693. The molecule has 0 spiro atoms. The van der Waals surface area contributed by atoms with E-state index in [1.807, 2.05) is 25.1 Å². The molecule has 0 bridgehead atoms. The van der Waals surface area contributed by atoms with Crippen LogP contribution in [0.5, 0.6) is 5.75 Å². The number of rotatable bonds is 5. The normalized spacial score (nSPS) is 11.0. The highest BCUT2D eigenvalue weighted by atomic mass is 32.1. The van der Waals surface area contributed by atoms with Gasteiger partial charge < -0.3 is 10.1 Å². The Labute approximate surface area is 155 Å². The fourth-order valence-corrected chi connectivity index (χ4v) is 3.70. The maximum Gasteiger partial charge on any atom is 0.234 e. The van der Waals surface area contributed by atoms with Gasteiger partial charge in [-0.05, 0) is 31.5 Å². The van der Waals surface area contributed by atoms with E-state index >= 15 is 0 Å². The maximum absolute atomic E-state index is 5.43. The Morgan fingerprint density at radius 3 is 2.77 bits per heavy atom. The molecule has 2 heterocycles. The van der Waals surface area contributed by atoms with Gasteiger partial charge in [0.15, 0.2) is 5.82 Å². The molecule has 0 amide bonds. The average Bonchev–Trinajstić information content (AvgIpc) is 3.23. The van der Waals surface area contributed by atoms with Crippen molar-refractivity contribution in [2.24, 2.45) is 0 Å². The van der Waals surface area contributed by atoms with Crippen LogP contribution >= 0.6 is 11.3 Å². The van der Waals surface area contributed by atoms with Crippen molar-refractivity contribution in [3.63, 3.8) is 0 Å². The number of hydrogen-bond donors (Lipinski definition) is 1. The standard InChI is InChI=1S/C19H19N5OS/c1-12-8-9-14(18-23-24-13(2)21-22-19(24)26-18)10-16(12)20-11-15-6-4-5-7-17(15)25-3/h4-10,20H,11H2,1-3H3. The van der Waals surface area contributed by atoms with E-state index in [0.29, 0.717) is 6.54 Å². The second kappa shape index (κ2) is 6.76. The number of methoxy groups -OCH3 is 1. The number of aryl methyl sites for hydroxylation is 2.